The Kier molecular flexibility index (Phi) is 7.30. The van der Waals surface area contributed by atoms with E-state index in [1.54, 1.807) is 36.4 Å². The Morgan fingerprint density at radius 3 is 2.32 bits per heavy atom. The van der Waals surface area contributed by atoms with Crippen LogP contribution in [0.2, 0.25) is 10.0 Å². The summed E-state index contributed by atoms with van der Waals surface area (Å²) in [5.74, 6) is -1.70. The van der Waals surface area contributed by atoms with E-state index in [1.807, 2.05) is 18.2 Å². The summed E-state index contributed by atoms with van der Waals surface area (Å²) in [6, 6.07) is 19.1. The van der Waals surface area contributed by atoms with Crippen molar-refractivity contribution in [3.8, 4) is 0 Å². The molecular formula is C24H18Cl2N2O3. The summed E-state index contributed by atoms with van der Waals surface area (Å²) < 4.78 is 0. The van der Waals surface area contributed by atoms with Crippen molar-refractivity contribution in [1.82, 2.24) is 4.90 Å². The van der Waals surface area contributed by atoms with Crippen LogP contribution in [0.5, 0.6) is 0 Å². The van der Waals surface area contributed by atoms with E-state index in [0.717, 1.165) is 5.56 Å². The number of halogens is 2. The van der Waals surface area contributed by atoms with Gasteiger partial charge in [-0.1, -0.05) is 77.8 Å². The van der Waals surface area contributed by atoms with E-state index in [1.165, 1.54) is 23.1 Å². The molecule has 1 N–H and O–H groups in total. The van der Waals surface area contributed by atoms with Gasteiger partial charge < -0.3 is 10.0 Å². The van der Waals surface area contributed by atoms with Crippen LogP contribution in [0, 0.1) is 6.57 Å². The van der Waals surface area contributed by atoms with Crippen LogP contribution in [0.3, 0.4) is 0 Å². The van der Waals surface area contributed by atoms with Crippen LogP contribution < -0.4 is 0 Å². The van der Waals surface area contributed by atoms with E-state index in [-0.39, 0.29) is 23.6 Å². The highest BCUT2D eigenvalue weighted by molar-refractivity contribution is 6.36. The summed E-state index contributed by atoms with van der Waals surface area (Å²) in [4.78, 5) is 30.5. The lowest BCUT2D eigenvalue weighted by molar-refractivity contribution is -0.142. The molecule has 0 radical (unpaired) electrons. The van der Waals surface area contributed by atoms with Gasteiger partial charge in [-0.3, -0.25) is 4.79 Å². The van der Waals surface area contributed by atoms with Gasteiger partial charge in [0.15, 0.2) is 5.69 Å². The predicted octanol–water partition coefficient (Wildman–Crippen LogP) is 5.88. The zero-order valence-electron chi connectivity index (χ0n) is 16.3. The first-order chi connectivity index (χ1) is 14.9. The molecule has 0 aliphatic heterocycles. The zero-order valence-corrected chi connectivity index (χ0v) is 17.8. The molecule has 0 aliphatic rings. The Morgan fingerprint density at radius 1 is 1.00 bits per heavy atom. The smallest absolute Gasteiger partial charge is 0.326 e. The van der Waals surface area contributed by atoms with Gasteiger partial charge in [0.2, 0.25) is 0 Å². The van der Waals surface area contributed by atoms with Gasteiger partial charge in [-0.15, -0.1) is 0 Å². The summed E-state index contributed by atoms with van der Waals surface area (Å²) in [7, 11) is 0. The summed E-state index contributed by atoms with van der Waals surface area (Å²) in [5.41, 5.74) is 1.82. The van der Waals surface area contributed by atoms with Crippen LogP contribution >= 0.6 is 23.2 Å². The van der Waals surface area contributed by atoms with Crippen molar-refractivity contribution in [2.45, 2.75) is 19.0 Å². The number of aliphatic carboxylic acids is 1. The zero-order chi connectivity index (χ0) is 22.4. The third kappa shape index (κ3) is 5.43. The monoisotopic (exact) mass is 452 g/mol. The van der Waals surface area contributed by atoms with Gasteiger partial charge in [-0.05, 0) is 29.3 Å². The highest BCUT2D eigenvalue weighted by Crippen LogP contribution is 2.27. The van der Waals surface area contributed by atoms with Crippen LogP contribution in [0.1, 0.15) is 21.5 Å². The van der Waals surface area contributed by atoms with Gasteiger partial charge in [-0.25, -0.2) is 9.64 Å². The molecule has 3 aromatic rings. The van der Waals surface area contributed by atoms with Gasteiger partial charge in [-0.2, -0.15) is 0 Å². The van der Waals surface area contributed by atoms with E-state index < -0.39 is 17.9 Å². The third-order valence-corrected chi connectivity index (χ3v) is 5.36. The number of hydrogen-bond donors (Lipinski definition) is 1. The van der Waals surface area contributed by atoms with E-state index in [2.05, 4.69) is 4.85 Å². The molecule has 0 spiro atoms. The maximum atomic E-state index is 13.5. The fourth-order valence-corrected chi connectivity index (χ4v) is 3.74. The Labute approximate surface area is 190 Å². The molecule has 0 bridgehead atoms. The first-order valence-electron chi connectivity index (χ1n) is 9.39. The van der Waals surface area contributed by atoms with Crippen molar-refractivity contribution in [2.75, 3.05) is 0 Å². The normalized spacial score (nSPS) is 11.4. The van der Waals surface area contributed by atoms with Gasteiger partial charge in [0.25, 0.3) is 5.91 Å². The largest absolute Gasteiger partial charge is 0.480 e. The maximum Gasteiger partial charge on any atom is 0.326 e. The number of nitrogens with zero attached hydrogens (tertiary/aromatic N) is 2. The number of hydrogen-bond acceptors (Lipinski definition) is 2. The van der Waals surface area contributed by atoms with Gasteiger partial charge in [0.05, 0.1) is 17.2 Å². The Morgan fingerprint density at radius 2 is 1.68 bits per heavy atom. The second-order valence-corrected chi connectivity index (χ2v) is 7.69. The molecule has 0 saturated heterocycles. The van der Waals surface area contributed by atoms with Crippen molar-refractivity contribution in [3.05, 3.63) is 111 Å². The molecule has 7 heteroatoms. The SMILES string of the molecule is [C-]#[N+]c1ccccc1CN(C(=O)c1ccc(Cl)cc1Cl)C(Cc1ccccc1)C(=O)O. The first kappa shape index (κ1) is 22.4. The average Bonchev–Trinajstić information content (AvgIpc) is 2.76. The lowest BCUT2D eigenvalue weighted by Crippen LogP contribution is -2.46. The second-order valence-electron chi connectivity index (χ2n) is 6.84. The van der Waals surface area contributed by atoms with E-state index in [9.17, 15) is 14.7 Å². The van der Waals surface area contributed by atoms with Gasteiger partial charge >= 0.3 is 5.97 Å². The molecule has 0 fully saturated rings. The highest BCUT2D eigenvalue weighted by atomic mass is 35.5. The minimum atomic E-state index is -1.17. The van der Waals surface area contributed by atoms with Crippen LogP contribution in [0.25, 0.3) is 4.85 Å². The molecule has 3 aromatic carbocycles. The molecule has 31 heavy (non-hydrogen) atoms. The number of carboxylic acid groups (broad SMARTS) is 1. The minimum absolute atomic E-state index is 0.0554. The molecule has 0 aromatic heterocycles. The summed E-state index contributed by atoms with van der Waals surface area (Å²) >= 11 is 12.2. The van der Waals surface area contributed by atoms with Crippen LogP contribution in [0.4, 0.5) is 5.69 Å². The number of carboxylic acids is 1. The number of para-hydroxylation sites is 1. The summed E-state index contributed by atoms with van der Waals surface area (Å²) in [6.45, 7) is 7.34. The van der Waals surface area contributed by atoms with Gasteiger partial charge in [0, 0.05) is 18.0 Å². The van der Waals surface area contributed by atoms with Crippen molar-refractivity contribution < 1.29 is 14.7 Å². The molecule has 0 heterocycles. The highest BCUT2D eigenvalue weighted by Gasteiger charge is 2.32. The number of amides is 1. The van der Waals surface area contributed by atoms with Crippen molar-refractivity contribution in [2.24, 2.45) is 0 Å². The number of carbonyl (C=O) groups is 2. The summed E-state index contributed by atoms with van der Waals surface area (Å²) in [6.07, 6.45) is 0.104. The molecule has 0 saturated carbocycles. The Balaban J connectivity index is 2.06. The van der Waals surface area contributed by atoms with Crippen LogP contribution in [0.15, 0.2) is 72.8 Å². The fourth-order valence-electron chi connectivity index (χ4n) is 3.25. The molecule has 0 aliphatic carbocycles. The molecule has 3 rings (SSSR count). The van der Waals surface area contributed by atoms with Crippen molar-refractivity contribution in [1.29, 1.82) is 0 Å². The molecule has 1 atom stereocenters. The van der Waals surface area contributed by atoms with E-state index in [0.29, 0.717) is 16.3 Å². The summed E-state index contributed by atoms with van der Waals surface area (Å²) in [5, 5.41) is 10.5. The Bertz CT molecular complexity index is 1140. The molecule has 156 valence electrons. The third-order valence-electron chi connectivity index (χ3n) is 4.81. The molecule has 5 nitrogen and oxygen atoms in total. The minimum Gasteiger partial charge on any atom is -0.480 e. The standard InChI is InChI=1S/C24H18Cl2N2O3/c1-27-21-10-6-5-9-17(21)15-28(23(29)19-12-11-18(25)14-20(19)26)22(24(30)31)13-16-7-3-2-4-8-16/h2-12,14,22H,13,15H2,(H,30,31). The Hall–Kier alpha value is -3.33. The van der Waals surface area contributed by atoms with E-state index >= 15 is 0 Å². The first-order valence-corrected chi connectivity index (χ1v) is 10.1. The molecule has 1 unspecified atom stereocenters. The maximum absolute atomic E-state index is 13.5. The fraction of sp³-hybridized carbons (Fsp3) is 0.125. The predicted molar refractivity (Wildman–Crippen MR) is 121 cm³/mol. The molecule has 1 amide bonds. The lowest BCUT2D eigenvalue weighted by Gasteiger charge is -2.30. The number of carbonyl (C=O) groups excluding carboxylic acids is 1. The van der Waals surface area contributed by atoms with Crippen molar-refractivity contribution >= 4 is 40.8 Å². The van der Waals surface area contributed by atoms with Crippen molar-refractivity contribution in [3.63, 3.8) is 0 Å². The number of rotatable bonds is 7. The quantitative estimate of drug-likeness (QED) is 0.455. The van der Waals surface area contributed by atoms with Gasteiger partial charge in [0.1, 0.15) is 6.04 Å². The topological polar surface area (TPSA) is 62.0 Å². The lowest BCUT2D eigenvalue weighted by atomic mass is 10.0. The second kappa shape index (κ2) is 10.1. The molecular weight excluding hydrogens is 435 g/mol. The van der Waals surface area contributed by atoms with Crippen LogP contribution in [-0.4, -0.2) is 27.9 Å². The number of benzene rings is 3. The van der Waals surface area contributed by atoms with E-state index in [4.69, 9.17) is 29.8 Å². The van der Waals surface area contributed by atoms with Crippen LogP contribution in [-0.2, 0) is 17.8 Å². The average molecular weight is 453 g/mol.